The predicted molar refractivity (Wildman–Crippen MR) is 113 cm³/mol. The summed E-state index contributed by atoms with van der Waals surface area (Å²) in [5, 5.41) is 1.25. The summed E-state index contributed by atoms with van der Waals surface area (Å²) in [4.78, 5) is 8.33. The van der Waals surface area contributed by atoms with Crippen LogP contribution in [0.2, 0.25) is 5.02 Å². The predicted octanol–water partition coefficient (Wildman–Crippen LogP) is 5.04. The van der Waals surface area contributed by atoms with Gasteiger partial charge >= 0.3 is 0 Å². The third-order valence-electron chi connectivity index (χ3n) is 4.45. The zero-order chi connectivity index (χ0) is 21.3. The molecular weight excluding hydrogens is 429 g/mol. The molecule has 0 unspecified atom stereocenters. The van der Waals surface area contributed by atoms with Gasteiger partial charge in [0.05, 0.1) is 21.5 Å². The Kier molecular flexibility index (Phi) is 5.27. The summed E-state index contributed by atoms with van der Waals surface area (Å²) < 4.78 is 45.5. The first-order valence-corrected chi connectivity index (χ1v) is 10.6. The van der Waals surface area contributed by atoms with Gasteiger partial charge in [-0.2, -0.15) is 0 Å². The number of ether oxygens (including phenoxy) is 1. The van der Waals surface area contributed by atoms with Crippen LogP contribution in [0.25, 0.3) is 10.9 Å². The molecule has 0 amide bonds. The Labute approximate surface area is 177 Å². The van der Waals surface area contributed by atoms with Crippen LogP contribution in [0.1, 0.15) is 0 Å². The SMILES string of the molecule is CN(c1ccc(Oc2ncnc3cc(Cl)ccc23)cc1)S(=O)(=O)c1ccc(F)cc1. The van der Waals surface area contributed by atoms with Crippen molar-refractivity contribution < 1.29 is 17.5 Å². The maximum atomic E-state index is 13.1. The second-order valence-electron chi connectivity index (χ2n) is 6.36. The van der Waals surface area contributed by atoms with Crippen LogP contribution in [0, 0.1) is 5.82 Å². The van der Waals surface area contributed by atoms with E-state index in [2.05, 4.69) is 9.97 Å². The minimum atomic E-state index is -3.82. The summed E-state index contributed by atoms with van der Waals surface area (Å²) in [5.74, 6) is 0.329. The Morgan fingerprint density at radius 2 is 1.67 bits per heavy atom. The Morgan fingerprint density at radius 3 is 2.37 bits per heavy atom. The van der Waals surface area contributed by atoms with Gasteiger partial charge in [0.1, 0.15) is 17.9 Å². The van der Waals surface area contributed by atoms with Gasteiger partial charge in [0.2, 0.25) is 5.88 Å². The van der Waals surface area contributed by atoms with Crippen molar-refractivity contribution in [3.63, 3.8) is 0 Å². The smallest absolute Gasteiger partial charge is 0.264 e. The third kappa shape index (κ3) is 3.92. The van der Waals surface area contributed by atoms with Crippen molar-refractivity contribution >= 4 is 38.2 Å². The minimum absolute atomic E-state index is 0.00200. The molecule has 0 atom stereocenters. The van der Waals surface area contributed by atoms with Gasteiger partial charge in [-0.15, -0.1) is 0 Å². The number of aromatic nitrogens is 2. The van der Waals surface area contributed by atoms with E-state index in [-0.39, 0.29) is 4.90 Å². The molecule has 152 valence electrons. The van der Waals surface area contributed by atoms with Crippen LogP contribution in [-0.2, 0) is 10.0 Å². The van der Waals surface area contributed by atoms with Crippen LogP contribution in [-0.4, -0.2) is 25.4 Å². The zero-order valence-electron chi connectivity index (χ0n) is 15.7. The summed E-state index contributed by atoms with van der Waals surface area (Å²) >= 11 is 5.99. The number of sulfonamides is 1. The van der Waals surface area contributed by atoms with Crippen molar-refractivity contribution in [3.8, 4) is 11.6 Å². The van der Waals surface area contributed by atoms with E-state index in [1.165, 1.54) is 25.5 Å². The Morgan fingerprint density at radius 1 is 0.967 bits per heavy atom. The van der Waals surface area contributed by atoms with E-state index in [9.17, 15) is 12.8 Å². The molecule has 0 spiro atoms. The van der Waals surface area contributed by atoms with Gasteiger partial charge in [-0.3, -0.25) is 4.31 Å². The van der Waals surface area contributed by atoms with E-state index in [0.29, 0.717) is 33.2 Å². The van der Waals surface area contributed by atoms with Crippen LogP contribution in [0.5, 0.6) is 11.6 Å². The number of hydrogen-bond donors (Lipinski definition) is 0. The van der Waals surface area contributed by atoms with Gasteiger partial charge in [-0.25, -0.2) is 22.8 Å². The molecule has 1 aromatic heterocycles. The maximum absolute atomic E-state index is 13.1. The van der Waals surface area contributed by atoms with E-state index in [1.807, 2.05) is 0 Å². The summed E-state index contributed by atoms with van der Waals surface area (Å²) in [5.41, 5.74) is 1.07. The molecule has 0 radical (unpaired) electrons. The average Bonchev–Trinajstić information content (AvgIpc) is 2.74. The van der Waals surface area contributed by atoms with E-state index >= 15 is 0 Å². The quantitative estimate of drug-likeness (QED) is 0.432. The number of hydrogen-bond acceptors (Lipinski definition) is 5. The average molecular weight is 444 g/mol. The Balaban J connectivity index is 1.58. The molecule has 0 aliphatic heterocycles. The summed E-state index contributed by atoms with van der Waals surface area (Å²) in [6, 6.07) is 16.4. The molecule has 3 aromatic carbocycles. The number of rotatable bonds is 5. The lowest BCUT2D eigenvalue weighted by molar-refractivity contribution is 0.468. The van der Waals surface area contributed by atoms with Crippen LogP contribution in [0.4, 0.5) is 10.1 Å². The van der Waals surface area contributed by atoms with Crippen molar-refractivity contribution in [2.75, 3.05) is 11.4 Å². The lowest BCUT2D eigenvalue weighted by Gasteiger charge is -2.19. The second kappa shape index (κ2) is 7.89. The molecule has 6 nitrogen and oxygen atoms in total. The Bertz CT molecular complexity index is 1310. The molecule has 9 heteroatoms. The van der Waals surface area contributed by atoms with Crippen molar-refractivity contribution in [2.45, 2.75) is 4.90 Å². The fourth-order valence-electron chi connectivity index (χ4n) is 2.83. The number of halogens is 2. The highest BCUT2D eigenvalue weighted by Gasteiger charge is 2.21. The molecule has 0 fully saturated rings. The number of anilines is 1. The highest BCUT2D eigenvalue weighted by molar-refractivity contribution is 7.92. The zero-order valence-corrected chi connectivity index (χ0v) is 17.2. The van der Waals surface area contributed by atoms with E-state index in [4.69, 9.17) is 16.3 Å². The molecule has 0 aliphatic carbocycles. The molecule has 0 N–H and O–H groups in total. The highest BCUT2D eigenvalue weighted by atomic mass is 35.5. The topological polar surface area (TPSA) is 72.4 Å². The molecule has 0 aliphatic rings. The first-order chi connectivity index (χ1) is 14.3. The van der Waals surface area contributed by atoms with E-state index in [1.54, 1.807) is 42.5 Å². The molecule has 4 aromatic rings. The van der Waals surface area contributed by atoms with Crippen LogP contribution in [0.15, 0.2) is 78.0 Å². The van der Waals surface area contributed by atoms with Crippen LogP contribution in [0.3, 0.4) is 0 Å². The molecular formula is C21H15ClFN3O3S. The summed E-state index contributed by atoms with van der Waals surface area (Å²) in [6.45, 7) is 0. The van der Waals surface area contributed by atoms with Crippen LogP contribution >= 0.6 is 11.6 Å². The molecule has 0 saturated heterocycles. The Hall–Kier alpha value is -3.23. The van der Waals surface area contributed by atoms with Gasteiger partial charge in [0, 0.05) is 12.1 Å². The largest absolute Gasteiger partial charge is 0.438 e. The van der Waals surface area contributed by atoms with E-state index < -0.39 is 15.8 Å². The number of nitrogens with zero attached hydrogens (tertiary/aromatic N) is 3. The van der Waals surface area contributed by atoms with Gasteiger partial charge in [0.25, 0.3) is 10.0 Å². The third-order valence-corrected chi connectivity index (χ3v) is 6.48. The summed E-state index contributed by atoms with van der Waals surface area (Å²) in [6.07, 6.45) is 1.38. The maximum Gasteiger partial charge on any atom is 0.264 e. The highest BCUT2D eigenvalue weighted by Crippen LogP contribution is 2.30. The monoisotopic (exact) mass is 443 g/mol. The molecule has 4 rings (SSSR count). The number of benzene rings is 3. The molecule has 0 bridgehead atoms. The van der Waals surface area contributed by atoms with Gasteiger partial charge in [0.15, 0.2) is 0 Å². The lowest BCUT2D eigenvalue weighted by atomic mass is 10.2. The lowest BCUT2D eigenvalue weighted by Crippen LogP contribution is -2.26. The van der Waals surface area contributed by atoms with Crippen molar-refractivity contribution in [1.82, 2.24) is 9.97 Å². The van der Waals surface area contributed by atoms with Gasteiger partial charge in [-0.1, -0.05) is 11.6 Å². The van der Waals surface area contributed by atoms with Gasteiger partial charge < -0.3 is 4.74 Å². The normalized spacial score (nSPS) is 11.4. The summed E-state index contributed by atoms with van der Waals surface area (Å²) in [7, 11) is -2.39. The van der Waals surface area contributed by atoms with Crippen molar-refractivity contribution in [3.05, 3.63) is 83.9 Å². The van der Waals surface area contributed by atoms with Gasteiger partial charge in [-0.05, 0) is 66.7 Å². The van der Waals surface area contributed by atoms with Crippen molar-refractivity contribution in [2.24, 2.45) is 0 Å². The van der Waals surface area contributed by atoms with Crippen molar-refractivity contribution in [1.29, 1.82) is 0 Å². The fourth-order valence-corrected chi connectivity index (χ4v) is 4.19. The first kappa shape index (κ1) is 20.1. The van der Waals surface area contributed by atoms with Crippen LogP contribution < -0.4 is 9.04 Å². The molecule has 30 heavy (non-hydrogen) atoms. The van der Waals surface area contributed by atoms with E-state index in [0.717, 1.165) is 16.4 Å². The minimum Gasteiger partial charge on any atom is -0.438 e. The fraction of sp³-hybridized carbons (Fsp3) is 0.0476. The first-order valence-electron chi connectivity index (χ1n) is 8.77. The standard InChI is InChI=1S/C21H15ClFN3O3S/c1-26(30(27,28)18-9-3-15(23)4-10-18)16-5-7-17(8-6-16)29-21-19-11-2-14(22)12-20(19)24-13-25-21/h2-13H,1H3. The molecule has 1 heterocycles. The number of fused-ring (bicyclic) bond motifs is 1. The molecule has 0 saturated carbocycles. The second-order valence-corrected chi connectivity index (χ2v) is 8.77.